The van der Waals surface area contributed by atoms with Crippen molar-refractivity contribution in [2.75, 3.05) is 0 Å². The predicted octanol–water partition coefficient (Wildman–Crippen LogP) is 8.56. The van der Waals surface area contributed by atoms with Gasteiger partial charge in [-0.05, 0) is 110 Å². The Morgan fingerprint density at radius 2 is 0.759 bits per heavy atom. The third kappa shape index (κ3) is 6.37. The maximum absolute atomic E-state index is 13.6. The SMILES string of the molecule is C=C1CC2CCCC(C1)C2(c1ccc(F)cc1)C1C(=O)OC(C)(C)OC1=O.C=C1CC2CCCC(C1)C2(c1ccc(F)cc1)C1C(=O)OC(C)(C)OC1=O. The van der Waals surface area contributed by atoms with Crippen LogP contribution < -0.4 is 0 Å². The summed E-state index contributed by atoms with van der Waals surface area (Å²) >= 11 is 0. The average Bonchev–Trinajstić information content (AvgIpc) is 3.04. The molecule has 4 aliphatic carbocycles. The van der Waals surface area contributed by atoms with Crippen LogP contribution in [0.25, 0.3) is 0 Å². The molecule has 4 atom stereocenters. The molecule has 6 aliphatic rings. The molecule has 8 nitrogen and oxygen atoms in total. The van der Waals surface area contributed by atoms with E-state index in [4.69, 9.17) is 18.9 Å². The van der Waals surface area contributed by atoms with Gasteiger partial charge in [-0.1, -0.05) is 61.4 Å². The fraction of sp³-hybridized carbons (Fsp3) is 0.545. The molecule has 2 saturated heterocycles. The van der Waals surface area contributed by atoms with E-state index in [1.54, 1.807) is 52.0 Å². The minimum atomic E-state index is -1.26. The van der Waals surface area contributed by atoms with Crippen molar-refractivity contribution in [2.24, 2.45) is 35.5 Å². The van der Waals surface area contributed by atoms with E-state index in [9.17, 15) is 28.0 Å². The molecule has 2 aliphatic heterocycles. The summed E-state index contributed by atoms with van der Waals surface area (Å²) in [5, 5.41) is 0. The maximum Gasteiger partial charge on any atom is 0.324 e. The summed E-state index contributed by atoms with van der Waals surface area (Å²) < 4.78 is 49.2. The molecule has 0 spiro atoms. The molecule has 0 aromatic heterocycles. The second-order valence-corrected chi connectivity index (χ2v) is 17.2. The van der Waals surface area contributed by atoms with E-state index in [0.717, 1.165) is 86.5 Å². The normalized spacial score (nSPS) is 33.4. The average molecular weight is 745 g/mol. The minimum absolute atomic E-state index is 0.0780. The van der Waals surface area contributed by atoms with Crippen LogP contribution in [0.5, 0.6) is 0 Å². The summed E-state index contributed by atoms with van der Waals surface area (Å²) in [7, 11) is 0. The highest BCUT2D eigenvalue weighted by Crippen LogP contribution is 2.62. The highest BCUT2D eigenvalue weighted by Gasteiger charge is 2.65. The lowest BCUT2D eigenvalue weighted by molar-refractivity contribution is -0.249. The van der Waals surface area contributed by atoms with Crippen LogP contribution in [0, 0.1) is 47.1 Å². The summed E-state index contributed by atoms with van der Waals surface area (Å²) in [6.07, 6.45) is 8.72. The van der Waals surface area contributed by atoms with Gasteiger partial charge >= 0.3 is 23.9 Å². The van der Waals surface area contributed by atoms with Crippen LogP contribution >= 0.6 is 0 Å². The van der Waals surface area contributed by atoms with Gasteiger partial charge in [0.25, 0.3) is 11.6 Å². The van der Waals surface area contributed by atoms with Crippen LogP contribution in [0.4, 0.5) is 8.78 Å². The molecule has 54 heavy (non-hydrogen) atoms. The topological polar surface area (TPSA) is 105 Å². The van der Waals surface area contributed by atoms with Crippen molar-refractivity contribution in [2.45, 2.75) is 114 Å². The first-order valence-electron chi connectivity index (χ1n) is 19.2. The number of benzene rings is 2. The van der Waals surface area contributed by atoms with Gasteiger partial charge in [-0.2, -0.15) is 0 Å². The number of carbonyl (C=O) groups is 4. The van der Waals surface area contributed by atoms with Crippen molar-refractivity contribution in [3.63, 3.8) is 0 Å². The molecule has 4 saturated carbocycles. The number of cyclic esters (lactones) is 4. The monoisotopic (exact) mass is 744 g/mol. The zero-order chi connectivity index (χ0) is 38.8. The first-order valence-corrected chi connectivity index (χ1v) is 19.2. The maximum atomic E-state index is 13.6. The largest absolute Gasteiger partial charge is 0.422 e. The zero-order valence-electron chi connectivity index (χ0n) is 31.6. The number of hydrogen-bond donors (Lipinski definition) is 0. The second kappa shape index (κ2) is 13.7. The zero-order valence-corrected chi connectivity index (χ0v) is 31.6. The Morgan fingerprint density at radius 3 is 1.02 bits per heavy atom. The van der Waals surface area contributed by atoms with E-state index in [1.807, 2.05) is 0 Å². The fourth-order valence-electron chi connectivity index (χ4n) is 11.4. The summed E-state index contributed by atoms with van der Waals surface area (Å²) in [5.41, 5.74) is 2.48. The summed E-state index contributed by atoms with van der Waals surface area (Å²) in [5.74, 6) is -7.09. The molecule has 0 amide bonds. The van der Waals surface area contributed by atoms with Gasteiger partial charge in [-0.3, -0.25) is 19.2 Å². The van der Waals surface area contributed by atoms with Crippen molar-refractivity contribution in [1.82, 2.24) is 0 Å². The van der Waals surface area contributed by atoms with Crippen molar-refractivity contribution in [3.05, 3.63) is 95.6 Å². The Bertz CT molecular complexity index is 1650. The Kier molecular flexibility index (Phi) is 9.66. The molecule has 4 bridgehead atoms. The minimum Gasteiger partial charge on any atom is -0.422 e. The molecule has 2 aromatic carbocycles. The van der Waals surface area contributed by atoms with Gasteiger partial charge in [-0.25, -0.2) is 8.78 Å². The van der Waals surface area contributed by atoms with E-state index in [2.05, 4.69) is 13.2 Å². The van der Waals surface area contributed by atoms with Crippen molar-refractivity contribution < 1.29 is 46.9 Å². The third-order valence-corrected chi connectivity index (χ3v) is 13.0. The molecule has 2 heterocycles. The molecule has 288 valence electrons. The highest BCUT2D eigenvalue weighted by molar-refractivity contribution is 5.99. The lowest BCUT2D eigenvalue weighted by atomic mass is 9.46. The third-order valence-electron chi connectivity index (χ3n) is 13.0. The second-order valence-electron chi connectivity index (χ2n) is 17.2. The number of fused-ring (bicyclic) bond motifs is 4. The number of rotatable bonds is 4. The lowest BCUT2D eigenvalue weighted by Crippen LogP contribution is -2.62. The van der Waals surface area contributed by atoms with Crippen molar-refractivity contribution in [3.8, 4) is 0 Å². The summed E-state index contributed by atoms with van der Waals surface area (Å²) in [6.45, 7) is 14.6. The van der Waals surface area contributed by atoms with Crippen molar-refractivity contribution in [1.29, 1.82) is 0 Å². The number of allylic oxidation sites excluding steroid dienone is 2. The number of carbonyl (C=O) groups excluding carboxylic acids is 4. The Labute approximate surface area is 315 Å². The molecule has 2 aromatic rings. The number of hydrogen-bond acceptors (Lipinski definition) is 8. The van der Waals surface area contributed by atoms with Crippen LogP contribution in [-0.2, 0) is 49.0 Å². The van der Waals surface area contributed by atoms with Crippen LogP contribution in [0.3, 0.4) is 0 Å². The van der Waals surface area contributed by atoms with E-state index in [-0.39, 0.29) is 35.3 Å². The number of esters is 4. The van der Waals surface area contributed by atoms with E-state index >= 15 is 0 Å². The van der Waals surface area contributed by atoms with Gasteiger partial charge in [0.15, 0.2) is 11.8 Å². The van der Waals surface area contributed by atoms with Crippen LogP contribution in [0.1, 0.15) is 103 Å². The molecule has 0 N–H and O–H groups in total. The van der Waals surface area contributed by atoms with Crippen LogP contribution in [-0.4, -0.2) is 35.5 Å². The van der Waals surface area contributed by atoms with E-state index in [0.29, 0.717) is 0 Å². The molecule has 8 rings (SSSR count). The summed E-state index contributed by atoms with van der Waals surface area (Å²) in [4.78, 5) is 52.2. The van der Waals surface area contributed by atoms with E-state index < -0.39 is 58.1 Å². The van der Waals surface area contributed by atoms with Gasteiger partial charge in [0.2, 0.25) is 0 Å². The molecule has 4 unspecified atom stereocenters. The van der Waals surface area contributed by atoms with Crippen molar-refractivity contribution >= 4 is 23.9 Å². The number of ether oxygens (including phenoxy) is 4. The standard InChI is InChI=1S/2C22H25FO4/c2*1-13-11-15-5-4-6-16(12-13)22(15,14-7-9-17(23)10-8-14)18-19(24)26-21(2,3)27-20(18)25/h2*7-10,15-16,18H,1,4-6,11-12H2,2-3H3. The van der Waals surface area contributed by atoms with Crippen LogP contribution in [0.15, 0.2) is 72.8 Å². The molecular weight excluding hydrogens is 694 g/mol. The Morgan fingerprint density at radius 1 is 0.500 bits per heavy atom. The van der Waals surface area contributed by atoms with Crippen LogP contribution in [0.2, 0.25) is 0 Å². The molecule has 6 fully saturated rings. The molecule has 0 radical (unpaired) electrons. The fourth-order valence-corrected chi connectivity index (χ4v) is 11.4. The first kappa shape index (κ1) is 38.0. The van der Waals surface area contributed by atoms with Gasteiger partial charge < -0.3 is 18.9 Å². The predicted molar refractivity (Wildman–Crippen MR) is 194 cm³/mol. The number of halogens is 2. The van der Waals surface area contributed by atoms with E-state index in [1.165, 1.54) is 24.3 Å². The highest BCUT2D eigenvalue weighted by atomic mass is 19.1. The smallest absolute Gasteiger partial charge is 0.324 e. The molecular formula is C44H50F2O8. The van der Waals surface area contributed by atoms with Gasteiger partial charge in [0.05, 0.1) is 0 Å². The Hall–Kier alpha value is -4.34. The first-order chi connectivity index (χ1) is 25.5. The van der Waals surface area contributed by atoms with Gasteiger partial charge in [-0.15, -0.1) is 0 Å². The Balaban J connectivity index is 0.000000167. The lowest BCUT2D eigenvalue weighted by Gasteiger charge is -2.57. The molecule has 10 heteroatoms. The van der Waals surface area contributed by atoms with Gasteiger partial charge in [0.1, 0.15) is 11.6 Å². The quantitative estimate of drug-likeness (QED) is 0.174. The van der Waals surface area contributed by atoms with Gasteiger partial charge in [0, 0.05) is 38.5 Å². The summed E-state index contributed by atoms with van der Waals surface area (Å²) in [6, 6.07) is 12.5.